The molecule has 0 aliphatic heterocycles. The van der Waals surface area contributed by atoms with E-state index in [0.29, 0.717) is 0 Å². The highest BCUT2D eigenvalue weighted by Gasteiger charge is 2.33. The lowest BCUT2D eigenvalue weighted by molar-refractivity contribution is -0.137. The van der Waals surface area contributed by atoms with E-state index in [2.05, 4.69) is 0 Å². The maximum atomic E-state index is 13.0. The summed E-state index contributed by atoms with van der Waals surface area (Å²) in [5, 5.41) is 8.98. The first-order valence-corrected chi connectivity index (χ1v) is 5.92. The quantitative estimate of drug-likeness (QED) is 0.928. The van der Waals surface area contributed by atoms with Gasteiger partial charge in [-0.3, -0.25) is 0 Å². The highest BCUT2D eigenvalue weighted by molar-refractivity contribution is 5.92. The highest BCUT2D eigenvalue weighted by atomic mass is 19.4. The van der Waals surface area contributed by atoms with Crippen LogP contribution in [-0.4, -0.2) is 18.2 Å². The molecule has 0 saturated heterocycles. The number of methoxy groups -OCH3 is 1. The van der Waals surface area contributed by atoms with Crippen LogP contribution in [0.15, 0.2) is 42.5 Å². The van der Waals surface area contributed by atoms with Gasteiger partial charge in [-0.05, 0) is 29.3 Å². The van der Waals surface area contributed by atoms with Crippen LogP contribution in [-0.2, 0) is 6.18 Å². The van der Waals surface area contributed by atoms with E-state index >= 15 is 0 Å². The molecule has 6 heteroatoms. The van der Waals surface area contributed by atoms with Gasteiger partial charge in [-0.1, -0.05) is 24.3 Å². The van der Waals surface area contributed by atoms with E-state index in [4.69, 9.17) is 9.84 Å². The number of carbonyl (C=O) groups is 1. The van der Waals surface area contributed by atoms with Crippen LogP contribution in [0.25, 0.3) is 11.1 Å². The molecule has 3 nitrogen and oxygen atoms in total. The molecule has 2 rings (SSSR count). The monoisotopic (exact) mass is 296 g/mol. The molecule has 0 atom stereocenters. The molecule has 110 valence electrons. The number of halogens is 3. The molecule has 0 fully saturated rings. The molecule has 21 heavy (non-hydrogen) atoms. The molecule has 2 aromatic rings. The fourth-order valence-electron chi connectivity index (χ4n) is 2.02. The minimum absolute atomic E-state index is 0.0111. The Hall–Kier alpha value is -2.50. The Balaban J connectivity index is 2.61. The van der Waals surface area contributed by atoms with Crippen molar-refractivity contribution in [2.75, 3.05) is 7.11 Å². The lowest BCUT2D eigenvalue weighted by atomic mass is 9.98. The molecular formula is C15H11F3O3. The number of rotatable bonds is 3. The summed E-state index contributed by atoms with van der Waals surface area (Å²) in [6, 6.07) is 8.94. The summed E-state index contributed by atoms with van der Waals surface area (Å²) in [7, 11) is 1.27. The lowest BCUT2D eigenvalue weighted by Gasteiger charge is -2.14. The number of ether oxygens (including phenoxy) is 1. The number of hydrogen-bond acceptors (Lipinski definition) is 2. The van der Waals surface area contributed by atoms with E-state index in [1.54, 1.807) is 0 Å². The standard InChI is InChI=1S/C15H11F3O3/c1-21-13-8-9(6-7-11(13)14(19)20)10-4-2-3-5-12(10)15(16,17)18/h2-8H,1H3,(H,19,20). The van der Waals surface area contributed by atoms with Gasteiger partial charge in [0.05, 0.1) is 12.7 Å². The Morgan fingerprint density at radius 2 is 1.81 bits per heavy atom. The average Bonchev–Trinajstić information content (AvgIpc) is 2.45. The van der Waals surface area contributed by atoms with Crippen LogP contribution in [0.3, 0.4) is 0 Å². The molecular weight excluding hydrogens is 285 g/mol. The van der Waals surface area contributed by atoms with E-state index in [-0.39, 0.29) is 22.4 Å². The highest BCUT2D eigenvalue weighted by Crippen LogP contribution is 2.38. The molecule has 0 saturated carbocycles. The van der Waals surface area contributed by atoms with Crippen molar-refractivity contribution < 1.29 is 27.8 Å². The Morgan fingerprint density at radius 1 is 1.14 bits per heavy atom. The number of hydrogen-bond donors (Lipinski definition) is 1. The van der Waals surface area contributed by atoms with Crippen molar-refractivity contribution >= 4 is 5.97 Å². The first-order chi connectivity index (χ1) is 9.84. The maximum absolute atomic E-state index is 13.0. The molecule has 1 N–H and O–H groups in total. The second kappa shape index (κ2) is 5.47. The smallest absolute Gasteiger partial charge is 0.417 e. The van der Waals surface area contributed by atoms with Crippen molar-refractivity contribution in [2.24, 2.45) is 0 Å². The summed E-state index contributed by atoms with van der Waals surface area (Å²) in [5.74, 6) is -1.19. The van der Waals surface area contributed by atoms with Crippen LogP contribution in [0.5, 0.6) is 5.75 Å². The lowest BCUT2D eigenvalue weighted by Crippen LogP contribution is -2.07. The molecule has 0 amide bonds. The van der Waals surface area contributed by atoms with Gasteiger partial charge in [0, 0.05) is 0 Å². The molecule has 0 unspecified atom stereocenters. The molecule has 2 aromatic carbocycles. The number of aromatic carboxylic acids is 1. The van der Waals surface area contributed by atoms with Crippen LogP contribution in [0, 0.1) is 0 Å². The maximum Gasteiger partial charge on any atom is 0.417 e. The number of carboxylic acids is 1. The van der Waals surface area contributed by atoms with Crippen LogP contribution in [0.1, 0.15) is 15.9 Å². The van der Waals surface area contributed by atoms with Crippen molar-refractivity contribution in [3.8, 4) is 16.9 Å². The summed E-state index contributed by atoms with van der Waals surface area (Å²) in [5.41, 5.74) is -0.675. The first kappa shape index (κ1) is 14.9. The predicted molar refractivity (Wildman–Crippen MR) is 70.4 cm³/mol. The summed E-state index contributed by atoms with van der Waals surface area (Å²) in [4.78, 5) is 11.0. The fraction of sp³-hybridized carbons (Fsp3) is 0.133. The normalized spacial score (nSPS) is 11.2. The number of carboxylic acid groups (broad SMARTS) is 1. The van der Waals surface area contributed by atoms with E-state index in [1.807, 2.05) is 0 Å². The van der Waals surface area contributed by atoms with Gasteiger partial charge in [-0.2, -0.15) is 13.2 Å². The largest absolute Gasteiger partial charge is 0.496 e. The summed E-state index contributed by atoms with van der Waals surface area (Å²) < 4.78 is 43.9. The van der Waals surface area contributed by atoms with Gasteiger partial charge < -0.3 is 9.84 Å². The summed E-state index contributed by atoms with van der Waals surface area (Å²) in [6.45, 7) is 0. The van der Waals surface area contributed by atoms with Gasteiger partial charge in [0.25, 0.3) is 0 Å². The molecule has 0 radical (unpaired) electrons. The number of benzene rings is 2. The minimum atomic E-state index is -4.49. The zero-order valence-corrected chi connectivity index (χ0v) is 10.9. The molecule has 0 bridgehead atoms. The van der Waals surface area contributed by atoms with Crippen LogP contribution in [0.4, 0.5) is 13.2 Å². The second-order valence-electron chi connectivity index (χ2n) is 4.26. The van der Waals surface area contributed by atoms with E-state index in [1.165, 1.54) is 43.5 Å². The average molecular weight is 296 g/mol. The van der Waals surface area contributed by atoms with Crippen LogP contribution < -0.4 is 4.74 Å². The van der Waals surface area contributed by atoms with Gasteiger partial charge in [0.1, 0.15) is 11.3 Å². The van der Waals surface area contributed by atoms with Crippen LogP contribution in [0.2, 0.25) is 0 Å². The van der Waals surface area contributed by atoms with E-state index in [9.17, 15) is 18.0 Å². The first-order valence-electron chi connectivity index (χ1n) is 5.92. The Bertz CT molecular complexity index is 678. The summed E-state index contributed by atoms with van der Waals surface area (Å²) >= 11 is 0. The van der Waals surface area contributed by atoms with Gasteiger partial charge in [-0.25, -0.2) is 4.79 Å². The topological polar surface area (TPSA) is 46.5 Å². The van der Waals surface area contributed by atoms with Crippen molar-refractivity contribution in [1.29, 1.82) is 0 Å². The third-order valence-corrected chi connectivity index (χ3v) is 2.98. The Morgan fingerprint density at radius 3 is 2.38 bits per heavy atom. The van der Waals surface area contributed by atoms with Gasteiger partial charge in [0.2, 0.25) is 0 Å². The third kappa shape index (κ3) is 2.99. The van der Waals surface area contributed by atoms with E-state index in [0.717, 1.165) is 6.07 Å². The van der Waals surface area contributed by atoms with E-state index < -0.39 is 17.7 Å². The van der Waals surface area contributed by atoms with Gasteiger partial charge in [-0.15, -0.1) is 0 Å². The molecule has 0 spiro atoms. The SMILES string of the molecule is COc1cc(-c2ccccc2C(F)(F)F)ccc1C(=O)O. The second-order valence-corrected chi connectivity index (χ2v) is 4.26. The fourth-order valence-corrected chi connectivity index (χ4v) is 2.02. The van der Waals surface area contributed by atoms with Crippen molar-refractivity contribution in [3.05, 3.63) is 53.6 Å². The van der Waals surface area contributed by atoms with Gasteiger partial charge in [0.15, 0.2) is 0 Å². The predicted octanol–water partition coefficient (Wildman–Crippen LogP) is 4.08. The Labute approximate surface area is 118 Å². The van der Waals surface area contributed by atoms with Crippen molar-refractivity contribution in [3.63, 3.8) is 0 Å². The molecule has 0 aliphatic rings. The van der Waals surface area contributed by atoms with Crippen molar-refractivity contribution in [2.45, 2.75) is 6.18 Å². The summed E-state index contributed by atoms with van der Waals surface area (Å²) in [6.07, 6.45) is -4.49. The molecule has 0 aromatic heterocycles. The minimum Gasteiger partial charge on any atom is -0.496 e. The van der Waals surface area contributed by atoms with Crippen molar-refractivity contribution in [1.82, 2.24) is 0 Å². The zero-order valence-electron chi connectivity index (χ0n) is 10.9. The van der Waals surface area contributed by atoms with Crippen LogP contribution >= 0.6 is 0 Å². The zero-order chi connectivity index (χ0) is 15.6. The molecule has 0 heterocycles. The third-order valence-electron chi connectivity index (χ3n) is 2.98. The number of alkyl halides is 3. The van der Waals surface area contributed by atoms with Gasteiger partial charge >= 0.3 is 12.1 Å². The Kier molecular flexibility index (Phi) is 3.88. The molecule has 0 aliphatic carbocycles.